The van der Waals surface area contributed by atoms with Crippen molar-refractivity contribution in [2.45, 2.75) is 64.2 Å². The van der Waals surface area contributed by atoms with Crippen molar-refractivity contribution in [2.75, 3.05) is 62.7 Å². The van der Waals surface area contributed by atoms with Gasteiger partial charge in [-0.15, -0.1) is 0 Å². The van der Waals surface area contributed by atoms with E-state index in [4.69, 9.17) is 19.2 Å². The third-order valence-corrected chi connectivity index (χ3v) is 8.89. The molecule has 0 bridgehead atoms. The molecular weight excluding hydrogens is 653 g/mol. The average molecular weight is 695 g/mol. The summed E-state index contributed by atoms with van der Waals surface area (Å²) in [5.74, 6) is -3.65. The second-order valence-electron chi connectivity index (χ2n) is 13.6. The second kappa shape index (κ2) is 14.3. The molecule has 1 amide bonds. The van der Waals surface area contributed by atoms with Gasteiger partial charge < -0.3 is 29.3 Å². The van der Waals surface area contributed by atoms with Gasteiger partial charge in [-0.1, -0.05) is 6.92 Å². The highest BCUT2D eigenvalue weighted by molar-refractivity contribution is 5.69. The standard InChI is InChI=1S/C35H41F3N8O4/c1-5-26-27(45-14-12-44(13-15-45)24-19-48-20-24)7-9-30(41-26)42-32-40-18-25(36)31(43-32)22-6-8-28(23(16-22)17-39)49-29-10-11-46(21-35(29,37)38)33(47)50-34(2,3)4/h6-9,16,18,24,29H,5,10-15,19-21H2,1-4H3,(H,40,41,42,43). The summed E-state index contributed by atoms with van der Waals surface area (Å²) in [4.78, 5) is 31.4. The van der Waals surface area contributed by atoms with Gasteiger partial charge in [-0.2, -0.15) is 5.26 Å². The summed E-state index contributed by atoms with van der Waals surface area (Å²) < 4.78 is 61.5. The zero-order valence-electron chi connectivity index (χ0n) is 28.6. The lowest BCUT2D eigenvalue weighted by atomic mass is 10.0. The van der Waals surface area contributed by atoms with Crippen molar-refractivity contribution in [3.63, 3.8) is 0 Å². The van der Waals surface area contributed by atoms with E-state index in [9.17, 15) is 10.1 Å². The van der Waals surface area contributed by atoms with E-state index in [0.717, 1.165) is 61.9 Å². The lowest BCUT2D eigenvalue weighted by molar-refractivity contribution is -0.137. The number of rotatable bonds is 8. The number of nitriles is 1. The maximum atomic E-state index is 15.1. The highest BCUT2D eigenvalue weighted by Crippen LogP contribution is 2.35. The van der Waals surface area contributed by atoms with Gasteiger partial charge >= 0.3 is 12.0 Å². The molecule has 1 N–H and O–H groups in total. The van der Waals surface area contributed by atoms with Gasteiger partial charge in [0.15, 0.2) is 11.9 Å². The van der Waals surface area contributed by atoms with E-state index in [2.05, 4.69) is 25.1 Å². The van der Waals surface area contributed by atoms with Gasteiger partial charge in [0.2, 0.25) is 5.95 Å². The van der Waals surface area contributed by atoms with E-state index in [1.165, 1.54) is 18.2 Å². The van der Waals surface area contributed by atoms with E-state index < -0.39 is 36.1 Å². The van der Waals surface area contributed by atoms with Gasteiger partial charge in [-0.05, 0) is 57.5 Å². The van der Waals surface area contributed by atoms with Gasteiger partial charge in [0, 0.05) is 44.7 Å². The number of hydrogen-bond donors (Lipinski definition) is 1. The number of benzene rings is 1. The summed E-state index contributed by atoms with van der Waals surface area (Å²) in [7, 11) is 0. The van der Waals surface area contributed by atoms with Crippen LogP contribution in [-0.4, -0.2) is 107 Å². The fourth-order valence-electron chi connectivity index (χ4n) is 6.19. The van der Waals surface area contributed by atoms with Gasteiger partial charge in [-0.3, -0.25) is 4.90 Å². The molecule has 1 unspecified atom stereocenters. The molecule has 3 saturated heterocycles. The van der Waals surface area contributed by atoms with Crippen LogP contribution >= 0.6 is 0 Å². The molecule has 1 aromatic carbocycles. The van der Waals surface area contributed by atoms with Crippen LogP contribution in [0.5, 0.6) is 5.75 Å². The van der Waals surface area contributed by atoms with Crippen LogP contribution in [0, 0.1) is 17.1 Å². The Kier molecular flexibility index (Phi) is 10.0. The Morgan fingerprint density at radius 3 is 2.52 bits per heavy atom. The number of pyridine rings is 1. The Labute approximate surface area is 289 Å². The molecule has 3 aliphatic heterocycles. The molecule has 50 heavy (non-hydrogen) atoms. The predicted octanol–water partition coefficient (Wildman–Crippen LogP) is 5.40. The van der Waals surface area contributed by atoms with Crippen LogP contribution in [0.1, 0.15) is 45.4 Å². The number of amides is 1. The summed E-state index contributed by atoms with van der Waals surface area (Å²) in [5, 5.41) is 12.9. The largest absolute Gasteiger partial charge is 0.483 e. The summed E-state index contributed by atoms with van der Waals surface area (Å²) in [5.41, 5.74) is 1.21. The zero-order chi connectivity index (χ0) is 35.6. The highest BCUT2D eigenvalue weighted by atomic mass is 19.3. The maximum absolute atomic E-state index is 15.1. The first-order chi connectivity index (χ1) is 23.8. The minimum absolute atomic E-state index is 0.0119. The number of aryl methyl sites for hydroxylation is 1. The summed E-state index contributed by atoms with van der Waals surface area (Å²) >= 11 is 0. The number of nitrogens with one attached hydrogen (secondary N) is 1. The summed E-state index contributed by atoms with van der Waals surface area (Å²) in [6.45, 7) is 11.4. The minimum Gasteiger partial charge on any atom is -0.483 e. The number of aromatic nitrogens is 3. The molecule has 3 aliphatic rings. The maximum Gasteiger partial charge on any atom is 0.410 e. The molecule has 0 radical (unpaired) electrons. The molecular formula is C35H41F3N8O4. The number of carbonyl (C=O) groups excluding carboxylic acids is 1. The first-order valence-electron chi connectivity index (χ1n) is 16.8. The normalized spacial score (nSPS) is 19.8. The fourth-order valence-corrected chi connectivity index (χ4v) is 6.19. The number of piperazine rings is 1. The van der Waals surface area contributed by atoms with Gasteiger partial charge in [0.25, 0.3) is 0 Å². The number of alkyl halides is 2. The van der Waals surface area contributed by atoms with Crippen LogP contribution in [-0.2, 0) is 15.9 Å². The van der Waals surface area contributed by atoms with E-state index in [1.54, 1.807) is 20.8 Å². The molecule has 6 rings (SSSR count). The number of anilines is 3. The van der Waals surface area contributed by atoms with Gasteiger partial charge in [0.1, 0.15) is 28.9 Å². The third kappa shape index (κ3) is 7.87. The van der Waals surface area contributed by atoms with Crippen molar-refractivity contribution in [1.29, 1.82) is 5.26 Å². The molecule has 1 atom stereocenters. The molecule has 15 heteroatoms. The molecule has 0 spiro atoms. The number of nitrogens with zero attached hydrogens (tertiary/aromatic N) is 7. The van der Waals surface area contributed by atoms with Crippen molar-refractivity contribution in [3.8, 4) is 23.1 Å². The monoisotopic (exact) mass is 694 g/mol. The molecule has 5 heterocycles. The van der Waals surface area contributed by atoms with E-state index in [1.807, 2.05) is 25.1 Å². The van der Waals surface area contributed by atoms with Crippen LogP contribution in [0.25, 0.3) is 11.3 Å². The number of halogens is 3. The number of hydrogen-bond acceptors (Lipinski definition) is 11. The van der Waals surface area contributed by atoms with Crippen LogP contribution in [0.15, 0.2) is 36.5 Å². The third-order valence-electron chi connectivity index (χ3n) is 8.89. The van der Waals surface area contributed by atoms with Crippen LogP contribution in [0.4, 0.5) is 35.4 Å². The number of ether oxygens (including phenoxy) is 3. The predicted molar refractivity (Wildman–Crippen MR) is 179 cm³/mol. The second-order valence-corrected chi connectivity index (χ2v) is 13.6. The number of carbonyl (C=O) groups is 1. The fraction of sp³-hybridized carbons (Fsp3) is 0.514. The van der Waals surface area contributed by atoms with Crippen molar-refractivity contribution in [2.24, 2.45) is 0 Å². The Balaban J connectivity index is 1.13. The van der Waals surface area contributed by atoms with E-state index >= 15 is 13.2 Å². The van der Waals surface area contributed by atoms with E-state index in [0.29, 0.717) is 18.3 Å². The zero-order valence-corrected chi connectivity index (χ0v) is 28.6. The number of likely N-dealkylation sites (tertiary alicyclic amines) is 1. The summed E-state index contributed by atoms with van der Waals surface area (Å²) in [6, 6.07) is 10.4. The molecule has 3 fully saturated rings. The highest BCUT2D eigenvalue weighted by Gasteiger charge is 2.48. The Bertz CT molecular complexity index is 1750. The summed E-state index contributed by atoms with van der Waals surface area (Å²) in [6.07, 6.45) is -0.888. The van der Waals surface area contributed by atoms with E-state index in [-0.39, 0.29) is 41.5 Å². The molecule has 3 aromatic rings. The van der Waals surface area contributed by atoms with Gasteiger partial charge in [-0.25, -0.2) is 32.9 Å². The smallest absolute Gasteiger partial charge is 0.410 e. The Hall–Kier alpha value is -4.68. The first kappa shape index (κ1) is 35.2. The Morgan fingerprint density at radius 1 is 1.12 bits per heavy atom. The molecule has 12 nitrogen and oxygen atoms in total. The van der Waals surface area contributed by atoms with Crippen LogP contribution in [0.2, 0.25) is 0 Å². The topological polar surface area (TPSA) is 129 Å². The van der Waals surface area contributed by atoms with Gasteiger partial charge in [0.05, 0.1) is 48.9 Å². The van der Waals surface area contributed by atoms with Crippen LogP contribution < -0.4 is 15.0 Å². The lowest BCUT2D eigenvalue weighted by Gasteiger charge is -2.43. The number of piperidine rings is 1. The molecule has 0 saturated carbocycles. The quantitative estimate of drug-likeness (QED) is 0.326. The lowest BCUT2D eigenvalue weighted by Crippen LogP contribution is -2.56. The van der Waals surface area contributed by atoms with Crippen molar-refractivity contribution in [1.82, 2.24) is 24.8 Å². The van der Waals surface area contributed by atoms with Crippen LogP contribution in [0.3, 0.4) is 0 Å². The Morgan fingerprint density at radius 2 is 1.88 bits per heavy atom. The molecule has 2 aromatic heterocycles. The van der Waals surface area contributed by atoms with Crippen molar-refractivity contribution >= 4 is 23.5 Å². The SMILES string of the molecule is CCc1nc(Nc2ncc(F)c(-c3ccc(OC4CCN(C(=O)OC(C)(C)C)CC4(F)F)c(C#N)c3)n2)ccc1N1CCN(C2COC2)CC1. The first-order valence-corrected chi connectivity index (χ1v) is 16.8. The molecule has 0 aliphatic carbocycles. The van der Waals surface area contributed by atoms with Crippen molar-refractivity contribution in [3.05, 3.63) is 53.6 Å². The minimum atomic E-state index is -3.41. The van der Waals surface area contributed by atoms with Crippen molar-refractivity contribution < 1.29 is 32.2 Å². The average Bonchev–Trinajstić information content (AvgIpc) is 3.05. The molecule has 266 valence electrons.